The maximum Gasteiger partial charge on any atom is 0.0494 e. The van der Waals surface area contributed by atoms with E-state index in [0.717, 1.165) is 13.0 Å². The molecule has 2 nitrogen and oxygen atoms in total. The van der Waals surface area contributed by atoms with Gasteiger partial charge < -0.3 is 10.4 Å². The summed E-state index contributed by atoms with van der Waals surface area (Å²) in [4.78, 5) is 1.38. The number of thiophene rings is 1. The monoisotopic (exact) mass is 227 g/mol. The Bertz CT molecular complexity index is 269. The van der Waals surface area contributed by atoms with Crippen LogP contribution in [-0.4, -0.2) is 18.3 Å². The number of aliphatic hydroxyl groups excluding tert-OH is 1. The minimum atomic E-state index is -0.0370. The summed E-state index contributed by atoms with van der Waals surface area (Å²) >= 11 is 1.79. The van der Waals surface area contributed by atoms with Gasteiger partial charge in [-0.05, 0) is 17.9 Å². The number of hydrogen-bond donors (Lipinski definition) is 2. The predicted molar refractivity (Wildman–Crippen MR) is 66.2 cm³/mol. The fourth-order valence-corrected chi connectivity index (χ4v) is 2.28. The summed E-state index contributed by atoms with van der Waals surface area (Å²) in [5.41, 5.74) is -0.0370. The molecular weight excluding hydrogens is 206 g/mol. The Morgan fingerprint density at radius 2 is 2.27 bits per heavy atom. The van der Waals surface area contributed by atoms with Gasteiger partial charge in [-0.2, -0.15) is 0 Å². The van der Waals surface area contributed by atoms with Crippen molar-refractivity contribution in [1.29, 1.82) is 0 Å². The van der Waals surface area contributed by atoms with E-state index in [9.17, 15) is 5.11 Å². The third kappa shape index (κ3) is 3.93. The largest absolute Gasteiger partial charge is 0.396 e. The van der Waals surface area contributed by atoms with E-state index in [1.165, 1.54) is 4.88 Å². The van der Waals surface area contributed by atoms with Gasteiger partial charge in [-0.1, -0.05) is 26.8 Å². The maximum absolute atomic E-state index is 9.17. The van der Waals surface area contributed by atoms with E-state index >= 15 is 0 Å². The summed E-state index contributed by atoms with van der Waals surface area (Å²) in [7, 11) is 0. The highest BCUT2D eigenvalue weighted by Crippen LogP contribution is 2.23. The first-order valence-corrected chi connectivity index (χ1v) is 6.34. The Balaban J connectivity index is 2.49. The molecule has 1 unspecified atom stereocenters. The minimum absolute atomic E-state index is 0.0370. The standard InChI is InChI=1S/C12H21NOS/c1-4-10(11-6-5-7-15-11)13-8-12(2,3)9-14/h5-7,10,13-14H,4,8-9H2,1-3H3. The van der Waals surface area contributed by atoms with Gasteiger partial charge in [-0.25, -0.2) is 0 Å². The zero-order valence-electron chi connectivity index (χ0n) is 9.79. The lowest BCUT2D eigenvalue weighted by atomic mass is 9.94. The molecule has 0 spiro atoms. The molecule has 0 radical (unpaired) electrons. The van der Waals surface area contributed by atoms with E-state index in [0.29, 0.717) is 6.04 Å². The van der Waals surface area contributed by atoms with Crippen LogP contribution in [0.5, 0.6) is 0 Å². The molecule has 0 aliphatic heterocycles. The van der Waals surface area contributed by atoms with Crippen molar-refractivity contribution in [2.24, 2.45) is 5.41 Å². The fraction of sp³-hybridized carbons (Fsp3) is 0.667. The summed E-state index contributed by atoms with van der Waals surface area (Å²) in [5.74, 6) is 0. The van der Waals surface area contributed by atoms with E-state index in [-0.39, 0.29) is 12.0 Å². The van der Waals surface area contributed by atoms with Gasteiger partial charge in [0.25, 0.3) is 0 Å². The lowest BCUT2D eigenvalue weighted by Crippen LogP contribution is -2.34. The van der Waals surface area contributed by atoms with Crippen LogP contribution in [0.25, 0.3) is 0 Å². The number of aliphatic hydroxyl groups is 1. The van der Waals surface area contributed by atoms with Gasteiger partial charge in [0.05, 0.1) is 0 Å². The number of hydrogen-bond acceptors (Lipinski definition) is 3. The Labute approximate surface area is 96.3 Å². The van der Waals surface area contributed by atoms with Crippen LogP contribution in [0.15, 0.2) is 17.5 Å². The van der Waals surface area contributed by atoms with Crippen LogP contribution in [0.3, 0.4) is 0 Å². The van der Waals surface area contributed by atoms with Crippen molar-refractivity contribution in [3.63, 3.8) is 0 Å². The van der Waals surface area contributed by atoms with Crippen LogP contribution in [0, 0.1) is 5.41 Å². The molecule has 3 heteroatoms. The van der Waals surface area contributed by atoms with Gasteiger partial charge in [-0.3, -0.25) is 0 Å². The quantitative estimate of drug-likeness (QED) is 0.783. The Morgan fingerprint density at radius 3 is 2.73 bits per heavy atom. The zero-order chi connectivity index (χ0) is 11.3. The molecule has 0 aliphatic carbocycles. The van der Waals surface area contributed by atoms with E-state index in [1.54, 1.807) is 11.3 Å². The summed E-state index contributed by atoms with van der Waals surface area (Å²) < 4.78 is 0. The highest BCUT2D eigenvalue weighted by Gasteiger charge is 2.18. The molecule has 1 rings (SSSR count). The SMILES string of the molecule is CCC(NCC(C)(C)CO)c1cccs1. The van der Waals surface area contributed by atoms with Gasteiger partial charge in [0, 0.05) is 29.5 Å². The molecule has 2 N–H and O–H groups in total. The van der Waals surface area contributed by atoms with Crippen LogP contribution in [0.1, 0.15) is 38.1 Å². The zero-order valence-corrected chi connectivity index (χ0v) is 10.6. The average molecular weight is 227 g/mol. The Kier molecular flexibility index (Phi) is 4.77. The molecule has 0 bridgehead atoms. The molecule has 0 saturated heterocycles. The molecule has 1 aromatic rings. The van der Waals surface area contributed by atoms with Crippen LogP contribution in [0.2, 0.25) is 0 Å². The van der Waals surface area contributed by atoms with Crippen LogP contribution in [-0.2, 0) is 0 Å². The van der Waals surface area contributed by atoms with Crippen molar-refractivity contribution >= 4 is 11.3 Å². The van der Waals surface area contributed by atoms with Gasteiger partial charge in [0.2, 0.25) is 0 Å². The molecule has 1 aromatic heterocycles. The summed E-state index contributed by atoms with van der Waals surface area (Å²) in [6, 6.07) is 4.68. The molecule has 0 aliphatic rings. The maximum atomic E-state index is 9.17. The second-order valence-corrected chi connectivity index (χ2v) is 5.66. The van der Waals surface area contributed by atoms with Crippen LogP contribution < -0.4 is 5.32 Å². The third-order valence-corrected chi connectivity index (χ3v) is 3.54. The topological polar surface area (TPSA) is 32.3 Å². The normalized spacial score (nSPS) is 14.1. The van der Waals surface area contributed by atoms with Crippen molar-refractivity contribution in [2.45, 2.75) is 33.2 Å². The highest BCUT2D eigenvalue weighted by molar-refractivity contribution is 7.10. The van der Waals surface area contributed by atoms with Crippen molar-refractivity contribution in [3.8, 4) is 0 Å². The van der Waals surface area contributed by atoms with Crippen molar-refractivity contribution in [2.75, 3.05) is 13.2 Å². The highest BCUT2D eigenvalue weighted by atomic mass is 32.1. The summed E-state index contributed by atoms with van der Waals surface area (Å²) in [5, 5.41) is 14.8. The summed E-state index contributed by atoms with van der Waals surface area (Å²) in [6.07, 6.45) is 1.09. The van der Waals surface area contributed by atoms with Gasteiger partial charge in [0.15, 0.2) is 0 Å². The second-order valence-electron chi connectivity index (χ2n) is 4.68. The lowest BCUT2D eigenvalue weighted by Gasteiger charge is -2.25. The molecule has 86 valence electrons. The molecule has 0 aromatic carbocycles. The van der Waals surface area contributed by atoms with Gasteiger partial charge in [0.1, 0.15) is 0 Å². The average Bonchev–Trinajstić information content (AvgIpc) is 2.72. The third-order valence-electron chi connectivity index (χ3n) is 2.55. The number of rotatable bonds is 6. The van der Waals surface area contributed by atoms with E-state index in [2.05, 4.69) is 43.6 Å². The Hall–Kier alpha value is -0.380. The molecule has 1 heterocycles. The fourth-order valence-electron chi connectivity index (χ4n) is 1.39. The predicted octanol–water partition coefficient (Wildman–Crippen LogP) is 2.81. The Morgan fingerprint density at radius 1 is 1.53 bits per heavy atom. The van der Waals surface area contributed by atoms with Crippen molar-refractivity contribution < 1.29 is 5.11 Å². The molecule has 1 atom stereocenters. The van der Waals surface area contributed by atoms with Gasteiger partial charge >= 0.3 is 0 Å². The minimum Gasteiger partial charge on any atom is -0.396 e. The molecule has 15 heavy (non-hydrogen) atoms. The lowest BCUT2D eigenvalue weighted by molar-refractivity contribution is 0.153. The first kappa shape index (κ1) is 12.7. The smallest absolute Gasteiger partial charge is 0.0494 e. The molecular formula is C12H21NOS. The van der Waals surface area contributed by atoms with E-state index in [4.69, 9.17) is 0 Å². The molecule has 0 saturated carbocycles. The van der Waals surface area contributed by atoms with E-state index in [1.807, 2.05) is 0 Å². The van der Waals surface area contributed by atoms with Gasteiger partial charge in [-0.15, -0.1) is 11.3 Å². The summed E-state index contributed by atoms with van der Waals surface area (Å²) in [6.45, 7) is 7.40. The second kappa shape index (κ2) is 5.64. The number of nitrogens with one attached hydrogen (secondary N) is 1. The van der Waals surface area contributed by atoms with Crippen molar-refractivity contribution in [3.05, 3.63) is 22.4 Å². The first-order chi connectivity index (χ1) is 7.09. The molecule has 0 amide bonds. The first-order valence-electron chi connectivity index (χ1n) is 5.46. The van der Waals surface area contributed by atoms with Crippen LogP contribution >= 0.6 is 11.3 Å². The van der Waals surface area contributed by atoms with E-state index < -0.39 is 0 Å². The van der Waals surface area contributed by atoms with Crippen molar-refractivity contribution in [1.82, 2.24) is 5.32 Å². The van der Waals surface area contributed by atoms with Crippen LogP contribution in [0.4, 0.5) is 0 Å². The molecule has 0 fully saturated rings.